The molecule has 8 aliphatic rings. The number of hydrogen-bond donors (Lipinski definition) is 4. The molecule has 12 atom stereocenters. The van der Waals surface area contributed by atoms with Gasteiger partial charge in [0.1, 0.15) is 0 Å². The van der Waals surface area contributed by atoms with Crippen LogP contribution < -0.4 is 0 Å². The minimum Gasteiger partial charge on any atom is -0.393 e. The van der Waals surface area contributed by atoms with Gasteiger partial charge in [-0.05, 0) is 124 Å². The van der Waals surface area contributed by atoms with E-state index in [0.717, 1.165) is 74.0 Å². The summed E-state index contributed by atoms with van der Waals surface area (Å²) in [5, 5.41) is 38.1. The Morgan fingerprint density at radius 2 is 0.595 bits per heavy atom. The molecule has 0 amide bonds. The molecule has 0 aromatic heterocycles. The maximum Gasteiger partial charge on any atom is 0.0571 e. The molecular formula is C38H68O4. The largest absolute Gasteiger partial charge is 0.393 e. The third kappa shape index (κ3) is 9.43. The van der Waals surface area contributed by atoms with E-state index >= 15 is 0 Å². The Hall–Kier alpha value is -0.160. The van der Waals surface area contributed by atoms with E-state index in [-0.39, 0.29) is 24.4 Å². The molecular weight excluding hydrogens is 520 g/mol. The fourth-order valence-electron chi connectivity index (χ4n) is 11.2. The van der Waals surface area contributed by atoms with Gasteiger partial charge in [0.05, 0.1) is 24.4 Å². The minimum atomic E-state index is 0.0364. The molecule has 0 aromatic rings. The lowest BCUT2D eigenvalue weighted by molar-refractivity contribution is 0.0105. The molecule has 42 heavy (non-hydrogen) atoms. The summed E-state index contributed by atoms with van der Waals surface area (Å²) in [6.45, 7) is 0. The van der Waals surface area contributed by atoms with E-state index in [1.807, 2.05) is 0 Å². The molecule has 0 saturated heterocycles. The number of aliphatic hydroxyl groups is 4. The van der Waals surface area contributed by atoms with Crippen molar-refractivity contribution in [2.24, 2.45) is 47.3 Å². The van der Waals surface area contributed by atoms with E-state index in [9.17, 15) is 20.4 Å². The van der Waals surface area contributed by atoms with Crippen LogP contribution in [-0.4, -0.2) is 44.8 Å². The predicted molar refractivity (Wildman–Crippen MR) is 172 cm³/mol. The molecule has 0 aliphatic heterocycles. The first-order valence-corrected chi connectivity index (χ1v) is 19.2. The van der Waals surface area contributed by atoms with Crippen molar-refractivity contribution in [2.75, 3.05) is 0 Å². The zero-order valence-corrected chi connectivity index (χ0v) is 27.1. The zero-order chi connectivity index (χ0) is 29.3. The Kier molecular flexibility index (Phi) is 13.4. The van der Waals surface area contributed by atoms with Gasteiger partial charge in [0, 0.05) is 0 Å². The van der Waals surface area contributed by atoms with Gasteiger partial charge in [0.2, 0.25) is 0 Å². The second-order valence-electron chi connectivity index (χ2n) is 16.2. The first-order valence-electron chi connectivity index (χ1n) is 19.2. The maximum atomic E-state index is 9.70. The van der Waals surface area contributed by atoms with Crippen LogP contribution in [0.15, 0.2) is 0 Å². The van der Waals surface area contributed by atoms with Gasteiger partial charge in [-0.3, -0.25) is 0 Å². The summed E-state index contributed by atoms with van der Waals surface area (Å²) in [5.74, 6) is 6.88. The van der Waals surface area contributed by atoms with Gasteiger partial charge in [-0.1, -0.05) is 89.9 Å². The molecule has 0 spiro atoms. The van der Waals surface area contributed by atoms with Crippen LogP contribution in [0, 0.1) is 47.3 Å². The smallest absolute Gasteiger partial charge is 0.0571 e. The normalized spacial score (nSPS) is 46.0. The van der Waals surface area contributed by atoms with E-state index in [4.69, 9.17) is 0 Å². The fourth-order valence-corrected chi connectivity index (χ4v) is 11.2. The molecule has 0 bridgehead atoms. The Labute approximate surface area is 258 Å². The van der Waals surface area contributed by atoms with Crippen molar-refractivity contribution in [3.63, 3.8) is 0 Å². The van der Waals surface area contributed by atoms with Crippen LogP contribution in [0.25, 0.3) is 0 Å². The first-order chi connectivity index (χ1) is 20.5. The van der Waals surface area contributed by atoms with Crippen LogP contribution in [0.5, 0.6) is 0 Å². The number of fused-ring (bicyclic) bond motifs is 4. The predicted octanol–water partition coefficient (Wildman–Crippen LogP) is 8.57. The van der Waals surface area contributed by atoms with Gasteiger partial charge in [-0.15, -0.1) is 0 Å². The Morgan fingerprint density at radius 3 is 1.12 bits per heavy atom. The van der Waals surface area contributed by atoms with Gasteiger partial charge >= 0.3 is 0 Å². The van der Waals surface area contributed by atoms with Crippen LogP contribution in [0.3, 0.4) is 0 Å². The van der Waals surface area contributed by atoms with Crippen LogP contribution in [0.4, 0.5) is 0 Å². The van der Waals surface area contributed by atoms with Gasteiger partial charge < -0.3 is 20.4 Å². The van der Waals surface area contributed by atoms with Crippen molar-refractivity contribution in [1.29, 1.82) is 0 Å². The SMILES string of the molecule is OC1CCC2CCCC2C1.OC1CCC2CCCCC2C1.OC1CCCC2CCCC12.OC1CCCC2CCCCC12. The van der Waals surface area contributed by atoms with Crippen LogP contribution in [0.1, 0.15) is 167 Å². The standard InChI is InChI=1S/2C10H18O.2C9H16O/c11-10-7-3-5-8-4-1-2-6-9(8)10;11-10-6-5-8-3-1-2-4-9(8)7-10;10-9-6-2-4-7-3-1-5-8(7)9;10-9-5-4-7-2-1-3-8(7)6-9/h2*8-11H,1-7H2;2*7-10H,1-6H2. The summed E-state index contributed by atoms with van der Waals surface area (Å²) in [4.78, 5) is 0. The molecule has 8 rings (SSSR count). The summed E-state index contributed by atoms with van der Waals surface area (Å²) < 4.78 is 0. The molecule has 0 aromatic carbocycles. The average molecular weight is 589 g/mol. The monoisotopic (exact) mass is 589 g/mol. The highest BCUT2D eigenvalue weighted by molar-refractivity contribution is 4.87. The zero-order valence-electron chi connectivity index (χ0n) is 27.1. The summed E-state index contributed by atoms with van der Waals surface area (Å²) in [5.41, 5.74) is 0. The van der Waals surface area contributed by atoms with Crippen LogP contribution in [0.2, 0.25) is 0 Å². The minimum absolute atomic E-state index is 0.0364. The Balaban J connectivity index is 0.000000112. The second kappa shape index (κ2) is 17.0. The lowest BCUT2D eigenvalue weighted by Crippen LogP contribution is -2.34. The molecule has 244 valence electrons. The van der Waals surface area contributed by atoms with Crippen molar-refractivity contribution in [2.45, 2.75) is 191 Å². The number of hydrogen-bond acceptors (Lipinski definition) is 4. The third-order valence-corrected chi connectivity index (χ3v) is 13.6. The highest BCUT2D eigenvalue weighted by Gasteiger charge is 2.36. The number of rotatable bonds is 0. The van der Waals surface area contributed by atoms with E-state index in [2.05, 4.69) is 0 Å². The van der Waals surface area contributed by atoms with Crippen molar-refractivity contribution in [3.8, 4) is 0 Å². The van der Waals surface area contributed by atoms with E-state index in [0.29, 0.717) is 11.8 Å². The molecule has 4 heteroatoms. The topological polar surface area (TPSA) is 80.9 Å². The summed E-state index contributed by atoms with van der Waals surface area (Å²) >= 11 is 0. The Morgan fingerprint density at radius 1 is 0.262 bits per heavy atom. The molecule has 8 fully saturated rings. The van der Waals surface area contributed by atoms with E-state index in [1.165, 1.54) is 128 Å². The van der Waals surface area contributed by atoms with Crippen molar-refractivity contribution in [1.82, 2.24) is 0 Å². The maximum absolute atomic E-state index is 9.70. The van der Waals surface area contributed by atoms with Gasteiger partial charge in [-0.2, -0.15) is 0 Å². The van der Waals surface area contributed by atoms with Crippen molar-refractivity contribution >= 4 is 0 Å². The first kappa shape index (κ1) is 33.2. The van der Waals surface area contributed by atoms with Crippen LogP contribution in [-0.2, 0) is 0 Å². The summed E-state index contributed by atoms with van der Waals surface area (Å²) in [6.07, 6.45) is 34.0. The highest BCUT2D eigenvalue weighted by atomic mass is 16.3. The molecule has 4 nitrogen and oxygen atoms in total. The molecule has 12 unspecified atom stereocenters. The lowest BCUT2D eigenvalue weighted by atomic mass is 9.69. The molecule has 8 aliphatic carbocycles. The third-order valence-electron chi connectivity index (χ3n) is 13.6. The summed E-state index contributed by atoms with van der Waals surface area (Å²) in [6, 6.07) is 0. The number of aliphatic hydroxyl groups excluding tert-OH is 4. The highest BCUT2D eigenvalue weighted by Crippen LogP contribution is 2.44. The van der Waals surface area contributed by atoms with Gasteiger partial charge in [0.25, 0.3) is 0 Å². The Bertz CT molecular complexity index is 753. The van der Waals surface area contributed by atoms with Gasteiger partial charge in [0.15, 0.2) is 0 Å². The van der Waals surface area contributed by atoms with Crippen molar-refractivity contribution in [3.05, 3.63) is 0 Å². The van der Waals surface area contributed by atoms with Gasteiger partial charge in [-0.25, -0.2) is 0 Å². The fraction of sp³-hybridized carbons (Fsp3) is 1.00. The van der Waals surface area contributed by atoms with E-state index < -0.39 is 0 Å². The quantitative estimate of drug-likeness (QED) is 0.228. The molecule has 0 heterocycles. The molecule has 4 N–H and O–H groups in total. The van der Waals surface area contributed by atoms with E-state index in [1.54, 1.807) is 0 Å². The second-order valence-corrected chi connectivity index (χ2v) is 16.2. The van der Waals surface area contributed by atoms with Crippen LogP contribution >= 0.6 is 0 Å². The average Bonchev–Trinajstić information content (AvgIpc) is 3.69. The lowest BCUT2D eigenvalue weighted by Gasteiger charge is -2.38. The molecule has 0 radical (unpaired) electrons. The van der Waals surface area contributed by atoms with Crippen molar-refractivity contribution < 1.29 is 20.4 Å². The molecule has 8 saturated carbocycles. The summed E-state index contributed by atoms with van der Waals surface area (Å²) in [7, 11) is 0.